The lowest BCUT2D eigenvalue weighted by Gasteiger charge is -2.36. The molecule has 8 heteroatoms. The van der Waals surface area contributed by atoms with Crippen molar-refractivity contribution in [2.24, 2.45) is 0 Å². The highest BCUT2D eigenvalue weighted by atomic mass is 32.2. The Morgan fingerprint density at radius 2 is 0.727 bits per heavy atom. The highest BCUT2D eigenvalue weighted by molar-refractivity contribution is 8.00. The number of benzene rings is 5. The van der Waals surface area contributed by atoms with Crippen molar-refractivity contribution in [3.63, 3.8) is 0 Å². The fourth-order valence-electron chi connectivity index (χ4n) is 10.9. The molecule has 4 amide bonds. The first kappa shape index (κ1) is 50.3. The van der Waals surface area contributed by atoms with Gasteiger partial charge in [-0.1, -0.05) is 170 Å². The molecule has 7 rings (SSSR count). The van der Waals surface area contributed by atoms with Gasteiger partial charge in [-0.2, -0.15) is 0 Å². The number of hydrogen-bond donors (Lipinski definition) is 0. The summed E-state index contributed by atoms with van der Waals surface area (Å²) in [5.74, 6) is -0.690. The molecule has 2 aliphatic heterocycles. The lowest BCUT2D eigenvalue weighted by molar-refractivity contribution is 0.0501. The van der Waals surface area contributed by atoms with E-state index in [-0.39, 0.29) is 46.2 Å². The molecule has 0 bridgehead atoms. The summed E-state index contributed by atoms with van der Waals surface area (Å²) in [5.41, 5.74) is 2.45. The Bertz CT molecular complexity index is 2370. The van der Waals surface area contributed by atoms with Crippen LogP contribution in [0.25, 0.3) is 43.1 Å². The summed E-state index contributed by atoms with van der Waals surface area (Å²) in [6, 6.07) is 12.1. The van der Waals surface area contributed by atoms with Gasteiger partial charge in [0.15, 0.2) is 0 Å². The summed E-state index contributed by atoms with van der Waals surface area (Å²) in [4.78, 5) is 66.0. The van der Waals surface area contributed by atoms with Crippen LogP contribution in [0.1, 0.15) is 238 Å². The number of hydrogen-bond acceptors (Lipinski definition) is 6. The number of rotatable bonds is 28. The molecule has 2 heterocycles. The Morgan fingerprint density at radius 3 is 1.06 bits per heavy atom. The number of fused-ring (bicyclic) bond motifs is 2. The minimum absolute atomic E-state index is 0.134. The van der Waals surface area contributed by atoms with Crippen LogP contribution < -0.4 is 0 Å². The highest BCUT2D eigenvalue weighted by Gasteiger charge is 2.42. The number of imide groups is 2. The number of carbonyl (C=O) groups is 4. The van der Waals surface area contributed by atoms with Gasteiger partial charge in [-0.05, 0) is 78.9 Å². The zero-order valence-electron chi connectivity index (χ0n) is 41.7. The fraction of sp³-hybridized carbons (Fsp3) is 0.586. The first-order valence-electron chi connectivity index (χ1n) is 26.4. The quantitative estimate of drug-likeness (QED) is 0.0164. The highest BCUT2D eigenvalue weighted by Crippen LogP contribution is 2.53. The molecule has 0 aliphatic carbocycles. The van der Waals surface area contributed by atoms with Crippen molar-refractivity contribution in [2.75, 3.05) is 0 Å². The van der Waals surface area contributed by atoms with E-state index in [1.165, 1.54) is 0 Å². The molecule has 0 spiro atoms. The third kappa shape index (κ3) is 9.94. The molecular weight excluding hydrogens is 853 g/mol. The summed E-state index contributed by atoms with van der Waals surface area (Å²) < 4.78 is 0. The van der Waals surface area contributed by atoms with Gasteiger partial charge in [-0.3, -0.25) is 29.0 Å². The van der Waals surface area contributed by atoms with E-state index in [0.717, 1.165) is 194 Å². The fourth-order valence-corrected chi connectivity index (χ4v) is 13.1. The molecule has 5 aromatic rings. The summed E-state index contributed by atoms with van der Waals surface area (Å²) in [6.07, 6.45) is 22.8. The molecule has 356 valence electrons. The predicted molar refractivity (Wildman–Crippen MR) is 282 cm³/mol. The van der Waals surface area contributed by atoms with E-state index in [1.807, 2.05) is 12.1 Å². The molecule has 66 heavy (non-hydrogen) atoms. The van der Waals surface area contributed by atoms with Crippen molar-refractivity contribution in [2.45, 2.75) is 229 Å². The molecule has 6 nitrogen and oxygen atoms in total. The van der Waals surface area contributed by atoms with Crippen LogP contribution in [0.5, 0.6) is 0 Å². The standard InChI is InChI=1S/C58H78N2O4S2/c1-9-15-19-23-27-39(28-24-20-16-10-2)59-55(61)43-33-31-41-49-42(32-34-44(50(43)49)56(59)62)53-48(66-38(8)14-6)36-46-51-45(35-47(52(41)54(51)53)65-37(7)13-5)57(63)60(58(46)64)40(29-25-21-17-11-3)30-26-22-18-12-4/h31-40H,9-30H2,1-8H3. The summed E-state index contributed by atoms with van der Waals surface area (Å²) in [6.45, 7) is 17.8. The smallest absolute Gasteiger partial charge is 0.261 e. The van der Waals surface area contributed by atoms with Gasteiger partial charge in [0.25, 0.3) is 23.6 Å². The topological polar surface area (TPSA) is 74.8 Å². The first-order valence-corrected chi connectivity index (χ1v) is 28.2. The van der Waals surface area contributed by atoms with Crippen LogP contribution in [0.4, 0.5) is 0 Å². The van der Waals surface area contributed by atoms with Gasteiger partial charge >= 0.3 is 0 Å². The number of amides is 4. The number of unbranched alkanes of at least 4 members (excludes halogenated alkanes) is 12. The van der Waals surface area contributed by atoms with Crippen molar-refractivity contribution in [3.05, 3.63) is 58.7 Å². The molecule has 2 unspecified atom stereocenters. The number of nitrogens with zero attached hydrogens (tertiary/aromatic N) is 2. The third-order valence-electron chi connectivity index (χ3n) is 14.9. The average Bonchev–Trinajstić information content (AvgIpc) is 3.32. The molecule has 5 aromatic carbocycles. The molecular formula is C58H78N2O4S2. The minimum atomic E-state index is -0.179. The van der Waals surface area contributed by atoms with Gasteiger partial charge in [0.05, 0.1) is 0 Å². The average molecular weight is 931 g/mol. The van der Waals surface area contributed by atoms with Gasteiger partial charge in [0.2, 0.25) is 0 Å². The van der Waals surface area contributed by atoms with Crippen LogP contribution in [0.15, 0.2) is 46.2 Å². The molecule has 0 saturated heterocycles. The molecule has 2 atom stereocenters. The van der Waals surface area contributed by atoms with Crippen LogP contribution in [-0.2, 0) is 0 Å². The monoisotopic (exact) mass is 931 g/mol. The maximum Gasteiger partial charge on any atom is 0.261 e. The van der Waals surface area contributed by atoms with E-state index in [2.05, 4.69) is 79.7 Å². The Labute approximate surface area is 404 Å². The van der Waals surface area contributed by atoms with Crippen molar-refractivity contribution in [1.82, 2.24) is 9.80 Å². The van der Waals surface area contributed by atoms with Gasteiger partial charge in [0.1, 0.15) is 0 Å². The molecule has 0 fully saturated rings. The SMILES string of the molecule is CCCCCCC(CCCCCC)N1C(=O)c2ccc3c4c(SC(C)CC)cc5c6c(cc(SC(C)CC)c(c7ccc(c2c37)C1=O)c64)C(=O)N(C(CCCCCC)CCCCCC)C5=O. The maximum atomic E-state index is 15.3. The Morgan fingerprint density at radius 1 is 0.394 bits per heavy atom. The molecule has 2 aliphatic rings. The summed E-state index contributed by atoms with van der Waals surface area (Å²) in [7, 11) is 0. The Balaban J connectivity index is 1.47. The van der Waals surface area contributed by atoms with E-state index < -0.39 is 0 Å². The van der Waals surface area contributed by atoms with Gasteiger partial charge in [0, 0.05) is 81.6 Å². The van der Waals surface area contributed by atoms with Crippen molar-refractivity contribution in [1.29, 1.82) is 0 Å². The summed E-state index contributed by atoms with van der Waals surface area (Å²) in [5, 5.41) is 7.94. The second kappa shape index (κ2) is 23.1. The Kier molecular flexibility index (Phi) is 17.6. The second-order valence-electron chi connectivity index (χ2n) is 19.8. The molecule has 0 radical (unpaired) electrons. The van der Waals surface area contributed by atoms with E-state index in [4.69, 9.17) is 0 Å². The van der Waals surface area contributed by atoms with Gasteiger partial charge < -0.3 is 0 Å². The molecule has 0 N–H and O–H groups in total. The zero-order chi connectivity index (χ0) is 47.1. The third-order valence-corrected chi connectivity index (χ3v) is 17.6. The van der Waals surface area contributed by atoms with Crippen LogP contribution in [-0.4, -0.2) is 56.0 Å². The van der Waals surface area contributed by atoms with E-state index in [1.54, 1.807) is 33.3 Å². The number of carbonyl (C=O) groups excluding carboxylic acids is 4. The van der Waals surface area contributed by atoms with Crippen molar-refractivity contribution >= 4 is 90.2 Å². The number of thioether (sulfide) groups is 2. The van der Waals surface area contributed by atoms with Crippen molar-refractivity contribution in [3.8, 4) is 0 Å². The molecule has 0 saturated carbocycles. The minimum Gasteiger partial charge on any atom is -0.271 e. The van der Waals surface area contributed by atoms with Crippen LogP contribution >= 0.6 is 23.5 Å². The molecule has 0 aromatic heterocycles. The van der Waals surface area contributed by atoms with E-state index >= 15 is 19.2 Å². The largest absolute Gasteiger partial charge is 0.271 e. The van der Waals surface area contributed by atoms with E-state index in [0.29, 0.717) is 22.3 Å². The lowest BCUT2D eigenvalue weighted by Crippen LogP contribution is -2.47. The maximum absolute atomic E-state index is 15.3. The van der Waals surface area contributed by atoms with E-state index in [9.17, 15) is 0 Å². The van der Waals surface area contributed by atoms with Gasteiger partial charge in [-0.25, -0.2) is 0 Å². The van der Waals surface area contributed by atoms with Crippen LogP contribution in [0, 0.1) is 0 Å². The van der Waals surface area contributed by atoms with Crippen LogP contribution in [0.2, 0.25) is 0 Å². The normalized spacial score (nSPS) is 15.1. The second-order valence-corrected chi connectivity index (χ2v) is 22.7. The first-order chi connectivity index (χ1) is 32.1. The zero-order valence-corrected chi connectivity index (χ0v) is 43.3. The Hall–Kier alpha value is -3.62. The summed E-state index contributed by atoms with van der Waals surface area (Å²) >= 11 is 3.59. The van der Waals surface area contributed by atoms with Crippen molar-refractivity contribution < 1.29 is 19.2 Å². The van der Waals surface area contributed by atoms with Gasteiger partial charge in [-0.15, -0.1) is 23.5 Å². The lowest BCUT2D eigenvalue weighted by atomic mass is 9.81. The van der Waals surface area contributed by atoms with Crippen LogP contribution in [0.3, 0.4) is 0 Å². The predicted octanol–water partition coefficient (Wildman–Crippen LogP) is 17.3.